The highest BCUT2D eigenvalue weighted by atomic mass is 16.5. The first kappa shape index (κ1) is 21.6. The Morgan fingerprint density at radius 2 is 1.82 bits per heavy atom. The average molecular weight is 442 g/mol. The SMILES string of the molecule is COc1ccccc1C1=CCN(CC2CCc3ccc(OCc4ccccc4)cc3O2)CC1. The molecule has 1 atom stereocenters. The molecule has 0 N–H and O–H groups in total. The van der Waals surface area contributed by atoms with Gasteiger partial charge in [0.2, 0.25) is 0 Å². The Labute approximate surface area is 196 Å². The summed E-state index contributed by atoms with van der Waals surface area (Å²) < 4.78 is 18.0. The van der Waals surface area contributed by atoms with Crippen LogP contribution in [0.1, 0.15) is 29.5 Å². The van der Waals surface area contributed by atoms with Gasteiger partial charge in [-0.15, -0.1) is 0 Å². The summed E-state index contributed by atoms with van der Waals surface area (Å²) in [6.45, 7) is 3.50. The van der Waals surface area contributed by atoms with Crippen LogP contribution in [0.15, 0.2) is 78.9 Å². The molecule has 1 unspecified atom stereocenters. The maximum absolute atomic E-state index is 6.41. The van der Waals surface area contributed by atoms with Gasteiger partial charge >= 0.3 is 0 Å². The van der Waals surface area contributed by atoms with Crippen LogP contribution in [0.4, 0.5) is 0 Å². The topological polar surface area (TPSA) is 30.9 Å². The molecule has 4 heteroatoms. The number of hydrogen-bond donors (Lipinski definition) is 0. The zero-order valence-corrected chi connectivity index (χ0v) is 19.2. The lowest BCUT2D eigenvalue weighted by Crippen LogP contribution is -2.39. The number of hydrogen-bond acceptors (Lipinski definition) is 4. The van der Waals surface area contributed by atoms with Crippen LogP contribution in [-0.2, 0) is 13.0 Å². The van der Waals surface area contributed by atoms with Crippen LogP contribution in [-0.4, -0.2) is 37.7 Å². The molecule has 2 heterocycles. The second-order valence-electron chi connectivity index (χ2n) is 8.76. The van der Waals surface area contributed by atoms with E-state index in [9.17, 15) is 0 Å². The van der Waals surface area contributed by atoms with E-state index in [0.717, 1.165) is 56.1 Å². The lowest BCUT2D eigenvalue weighted by molar-refractivity contribution is 0.119. The Morgan fingerprint density at radius 3 is 2.64 bits per heavy atom. The van der Waals surface area contributed by atoms with E-state index in [1.54, 1.807) is 7.11 Å². The summed E-state index contributed by atoms with van der Waals surface area (Å²) in [5.41, 5.74) is 5.03. The highest BCUT2D eigenvalue weighted by molar-refractivity contribution is 5.71. The Hall–Kier alpha value is -3.24. The number of nitrogens with zero attached hydrogens (tertiary/aromatic N) is 1. The summed E-state index contributed by atoms with van der Waals surface area (Å²) in [4.78, 5) is 2.49. The van der Waals surface area contributed by atoms with Crippen molar-refractivity contribution in [3.8, 4) is 17.2 Å². The van der Waals surface area contributed by atoms with Crippen LogP contribution in [0.2, 0.25) is 0 Å². The second kappa shape index (κ2) is 10.1. The molecule has 0 bridgehead atoms. The standard InChI is InChI=1S/C29H31NO3/c1-31-28-10-6-5-9-27(28)23-15-17-30(18-16-23)20-26-14-12-24-11-13-25(19-29(24)33-26)32-21-22-7-3-2-4-8-22/h2-11,13,15,19,26H,12,14,16-18,20-21H2,1H3. The lowest BCUT2D eigenvalue weighted by atomic mass is 9.97. The maximum Gasteiger partial charge on any atom is 0.126 e. The van der Waals surface area contributed by atoms with E-state index >= 15 is 0 Å². The van der Waals surface area contributed by atoms with Crippen molar-refractivity contribution >= 4 is 5.57 Å². The zero-order chi connectivity index (χ0) is 22.5. The van der Waals surface area contributed by atoms with Crippen LogP contribution >= 0.6 is 0 Å². The van der Waals surface area contributed by atoms with Gasteiger partial charge in [-0.25, -0.2) is 0 Å². The van der Waals surface area contributed by atoms with Crippen LogP contribution in [0, 0.1) is 0 Å². The average Bonchev–Trinajstić information content (AvgIpc) is 2.88. The van der Waals surface area contributed by atoms with Gasteiger partial charge in [-0.2, -0.15) is 0 Å². The fourth-order valence-corrected chi connectivity index (χ4v) is 4.68. The summed E-state index contributed by atoms with van der Waals surface area (Å²) in [5, 5.41) is 0. The van der Waals surface area contributed by atoms with Gasteiger partial charge in [-0.1, -0.05) is 60.7 Å². The predicted octanol–water partition coefficient (Wildman–Crippen LogP) is 5.76. The van der Waals surface area contributed by atoms with Crippen molar-refractivity contribution in [3.05, 3.63) is 95.6 Å². The van der Waals surface area contributed by atoms with E-state index < -0.39 is 0 Å². The Kier molecular flexibility index (Phi) is 6.63. The Morgan fingerprint density at radius 1 is 0.970 bits per heavy atom. The van der Waals surface area contributed by atoms with Crippen LogP contribution in [0.5, 0.6) is 17.2 Å². The molecule has 0 aliphatic carbocycles. The number of para-hydroxylation sites is 1. The van der Waals surface area contributed by atoms with Crippen molar-refractivity contribution in [2.45, 2.75) is 32.0 Å². The minimum Gasteiger partial charge on any atom is -0.496 e. The van der Waals surface area contributed by atoms with Gasteiger partial charge in [0, 0.05) is 31.3 Å². The molecule has 0 aromatic heterocycles. The molecule has 3 aromatic rings. The lowest BCUT2D eigenvalue weighted by Gasteiger charge is -2.33. The quantitative estimate of drug-likeness (QED) is 0.467. The largest absolute Gasteiger partial charge is 0.496 e. The van der Waals surface area contributed by atoms with Crippen molar-refractivity contribution in [1.82, 2.24) is 4.90 Å². The third kappa shape index (κ3) is 5.23. The molecule has 5 rings (SSSR count). The maximum atomic E-state index is 6.41. The van der Waals surface area contributed by atoms with Gasteiger partial charge in [0.15, 0.2) is 0 Å². The van der Waals surface area contributed by atoms with Gasteiger partial charge in [0.25, 0.3) is 0 Å². The predicted molar refractivity (Wildman–Crippen MR) is 132 cm³/mol. The van der Waals surface area contributed by atoms with Gasteiger partial charge in [-0.05, 0) is 48.1 Å². The summed E-state index contributed by atoms with van der Waals surface area (Å²) >= 11 is 0. The van der Waals surface area contributed by atoms with E-state index in [-0.39, 0.29) is 6.10 Å². The minimum absolute atomic E-state index is 0.211. The zero-order valence-electron chi connectivity index (χ0n) is 19.2. The molecule has 170 valence electrons. The van der Waals surface area contributed by atoms with E-state index in [4.69, 9.17) is 14.2 Å². The first-order chi connectivity index (χ1) is 16.3. The first-order valence-corrected chi connectivity index (χ1v) is 11.8. The molecule has 0 saturated heterocycles. The van der Waals surface area contributed by atoms with Gasteiger partial charge in [0.1, 0.15) is 30.0 Å². The molecule has 0 radical (unpaired) electrons. The smallest absolute Gasteiger partial charge is 0.126 e. The molecule has 2 aliphatic rings. The highest BCUT2D eigenvalue weighted by Gasteiger charge is 2.24. The molecule has 0 spiro atoms. The van der Waals surface area contributed by atoms with Crippen LogP contribution in [0.3, 0.4) is 0 Å². The molecule has 4 nitrogen and oxygen atoms in total. The van der Waals surface area contributed by atoms with Gasteiger partial charge in [-0.3, -0.25) is 4.90 Å². The van der Waals surface area contributed by atoms with Crippen molar-refractivity contribution in [1.29, 1.82) is 0 Å². The first-order valence-electron chi connectivity index (χ1n) is 11.8. The molecule has 0 fully saturated rings. The normalized spacial score (nSPS) is 18.1. The van der Waals surface area contributed by atoms with E-state index in [2.05, 4.69) is 53.4 Å². The third-order valence-corrected chi connectivity index (χ3v) is 6.52. The molecular formula is C29H31NO3. The molecule has 0 saturated carbocycles. The van der Waals surface area contributed by atoms with Crippen LogP contribution < -0.4 is 14.2 Å². The molecule has 33 heavy (non-hydrogen) atoms. The van der Waals surface area contributed by atoms with Crippen molar-refractivity contribution in [3.63, 3.8) is 0 Å². The third-order valence-electron chi connectivity index (χ3n) is 6.52. The number of aryl methyl sites for hydroxylation is 1. The number of benzene rings is 3. The van der Waals surface area contributed by atoms with Crippen molar-refractivity contribution in [2.24, 2.45) is 0 Å². The van der Waals surface area contributed by atoms with Crippen molar-refractivity contribution in [2.75, 3.05) is 26.7 Å². The summed E-state index contributed by atoms with van der Waals surface area (Å²) in [6.07, 6.45) is 5.68. The molecular weight excluding hydrogens is 410 g/mol. The highest BCUT2D eigenvalue weighted by Crippen LogP contribution is 2.33. The van der Waals surface area contributed by atoms with E-state index in [1.165, 1.54) is 22.3 Å². The number of methoxy groups -OCH3 is 1. The molecule has 2 aliphatic heterocycles. The van der Waals surface area contributed by atoms with Crippen LogP contribution in [0.25, 0.3) is 5.57 Å². The Bertz CT molecular complexity index is 1110. The minimum atomic E-state index is 0.211. The Balaban J connectivity index is 1.18. The summed E-state index contributed by atoms with van der Waals surface area (Å²) in [5.74, 6) is 2.79. The summed E-state index contributed by atoms with van der Waals surface area (Å²) in [6, 6.07) is 24.8. The van der Waals surface area contributed by atoms with Gasteiger partial charge in [0.05, 0.1) is 7.11 Å². The number of rotatable bonds is 7. The number of fused-ring (bicyclic) bond motifs is 1. The fourth-order valence-electron chi connectivity index (χ4n) is 4.68. The summed E-state index contributed by atoms with van der Waals surface area (Å²) in [7, 11) is 1.74. The molecule has 3 aromatic carbocycles. The molecule has 0 amide bonds. The number of ether oxygens (including phenoxy) is 3. The second-order valence-corrected chi connectivity index (χ2v) is 8.76. The van der Waals surface area contributed by atoms with Crippen molar-refractivity contribution < 1.29 is 14.2 Å². The monoisotopic (exact) mass is 441 g/mol. The van der Waals surface area contributed by atoms with E-state index in [0.29, 0.717) is 6.61 Å². The fraction of sp³-hybridized carbons (Fsp3) is 0.310. The van der Waals surface area contributed by atoms with E-state index in [1.807, 2.05) is 30.3 Å². The van der Waals surface area contributed by atoms with Gasteiger partial charge < -0.3 is 14.2 Å².